The van der Waals surface area contributed by atoms with Gasteiger partial charge in [0.1, 0.15) is 5.76 Å². The zero-order valence-corrected chi connectivity index (χ0v) is 11.2. The molecule has 3 aromatic rings. The van der Waals surface area contributed by atoms with Crippen molar-refractivity contribution in [3.8, 4) is 11.3 Å². The van der Waals surface area contributed by atoms with Gasteiger partial charge in [-0.15, -0.1) is 0 Å². The second-order valence-electron chi connectivity index (χ2n) is 4.14. The number of halogens is 2. The van der Waals surface area contributed by atoms with Gasteiger partial charge in [0.25, 0.3) is 0 Å². The molecule has 1 aromatic heterocycles. The van der Waals surface area contributed by atoms with Crippen LogP contribution in [0.4, 0.5) is 0 Å². The first-order valence-corrected chi connectivity index (χ1v) is 6.38. The molecule has 4 heteroatoms. The first-order valence-electron chi connectivity index (χ1n) is 5.63. The second-order valence-corrected chi connectivity index (χ2v) is 5.02. The summed E-state index contributed by atoms with van der Waals surface area (Å²) in [5, 5.41) is 2.38. The molecule has 0 aliphatic heterocycles. The molecular formula is C15H8Cl2O2. The Morgan fingerprint density at radius 3 is 2.32 bits per heavy atom. The highest BCUT2D eigenvalue weighted by Gasteiger charge is 2.07. The standard InChI is InChI=1S/C15H8Cl2O2/c16-11-5-10(6-12(17)8-11)14-7-9-3-1-2-4-13(9)15(18)19-14/h1-8H. The Kier molecular flexibility index (Phi) is 3.05. The molecule has 2 nitrogen and oxygen atoms in total. The molecule has 0 fully saturated rings. The molecule has 0 saturated heterocycles. The fourth-order valence-corrected chi connectivity index (χ4v) is 2.50. The van der Waals surface area contributed by atoms with Crippen LogP contribution in [0, 0.1) is 0 Å². The molecule has 0 bridgehead atoms. The average Bonchev–Trinajstić information content (AvgIpc) is 2.37. The maximum Gasteiger partial charge on any atom is 0.344 e. The summed E-state index contributed by atoms with van der Waals surface area (Å²) in [6.45, 7) is 0. The van der Waals surface area contributed by atoms with Gasteiger partial charge in [0.2, 0.25) is 0 Å². The molecule has 0 spiro atoms. The van der Waals surface area contributed by atoms with Crippen molar-refractivity contribution >= 4 is 34.0 Å². The van der Waals surface area contributed by atoms with Crippen LogP contribution in [0.3, 0.4) is 0 Å². The van der Waals surface area contributed by atoms with E-state index in [1.807, 2.05) is 12.1 Å². The quantitative estimate of drug-likeness (QED) is 0.646. The van der Waals surface area contributed by atoms with E-state index in [2.05, 4.69) is 0 Å². The molecule has 94 valence electrons. The Balaban J connectivity index is 2.28. The minimum absolute atomic E-state index is 0.371. The van der Waals surface area contributed by atoms with Crippen molar-refractivity contribution in [1.29, 1.82) is 0 Å². The highest BCUT2D eigenvalue weighted by Crippen LogP contribution is 2.28. The lowest BCUT2D eigenvalue weighted by atomic mass is 10.1. The summed E-state index contributed by atoms with van der Waals surface area (Å²) < 4.78 is 5.31. The largest absolute Gasteiger partial charge is 0.422 e. The van der Waals surface area contributed by atoms with E-state index in [9.17, 15) is 4.79 Å². The molecule has 2 aromatic carbocycles. The maximum atomic E-state index is 11.9. The van der Waals surface area contributed by atoms with Crippen molar-refractivity contribution in [2.75, 3.05) is 0 Å². The van der Waals surface area contributed by atoms with E-state index >= 15 is 0 Å². The van der Waals surface area contributed by atoms with Gasteiger partial charge in [-0.3, -0.25) is 0 Å². The summed E-state index contributed by atoms with van der Waals surface area (Å²) in [5.41, 5.74) is 0.310. The van der Waals surface area contributed by atoms with Gasteiger partial charge < -0.3 is 4.42 Å². The second kappa shape index (κ2) is 4.72. The minimum Gasteiger partial charge on any atom is -0.422 e. The van der Waals surface area contributed by atoms with E-state index < -0.39 is 0 Å². The van der Waals surface area contributed by atoms with E-state index in [0.717, 1.165) is 5.39 Å². The maximum absolute atomic E-state index is 11.9. The summed E-state index contributed by atoms with van der Waals surface area (Å²) in [4.78, 5) is 11.9. The fraction of sp³-hybridized carbons (Fsp3) is 0. The summed E-state index contributed by atoms with van der Waals surface area (Å²) in [5.74, 6) is 0.452. The molecule has 0 atom stereocenters. The van der Waals surface area contributed by atoms with Gasteiger partial charge in [0, 0.05) is 15.6 Å². The molecule has 1 heterocycles. The normalized spacial score (nSPS) is 10.8. The molecule has 0 saturated carbocycles. The van der Waals surface area contributed by atoms with Crippen molar-refractivity contribution < 1.29 is 4.42 Å². The smallest absolute Gasteiger partial charge is 0.344 e. The summed E-state index contributed by atoms with van der Waals surface area (Å²) in [7, 11) is 0. The zero-order chi connectivity index (χ0) is 13.4. The molecule has 0 aliphatic rings. The molecular weight excluding hydrogens is 283 g/mol. The molecule has 19 heavy (non-hydrogen) atoms. The highest BCUT2D eigenvalue weighted by atomic mass is 35.5. The van der Waals surface area contributed by atoms with Crippen molar-refractivity contribution in [2.24, 2.45) is 0 Å². The van der Waals surface area contributed by atoms with Gasteiger partial charge in [0.05, 0.1) is 5.39 Å². The lowest BCUT2D eigenvalue weighted by molar-refractivity contribution is 0.535. The van der Waals surface area contributed by atoms with Crippen LogP contribution in [0.5, 0.6) is 0 Å². The lowest BCUT2D eigenvalue weighted by Crippen LogP contribution is -1.99. The number of hydrogen-bond acceptors (Lipinski definition) is 2. The third kappa shape index (κ3) is 2.37. The lowest BCUT2D eigenvalue weighted by Gasteiger charge is -2.04. The third-order valence-corrected chi connectivity index (χ3v) is 3.25. The predicted molar refractivity (Wildman–Crippen MR) is 77.9 cm³/mol. The third-order valence-electron chi connectivity index (χ3n) is 2.82. The Bertz CT molecular complexity index is 801. The van der Waals surface area contributed by atoms with Gasteiger partial charge >= 0.3 is 5.63 Å². The average molecular weight is 291 g/mol. The van der Waals surface area contributed by atoms with Crippen molar-refractivity contribution in [1.82, 2.24) is 0 Å². The molecule has 0 amide bonds. The van der Waals surface area contributed by atoms with Crippen LogP contribution in [-0.2, 0) is 0 Å². The molecule has 0 unspecified atom stereocenters. The molecule has 0 aliphatic carbocycles. The predicted octanol–water partition coefficient (Wildman–Crippen LogP) is 4.77. The van der Waals surface area contributed by atoms with Crippen molar-refractivity contribution in [3.05, 3.63) is 69.0 Å². The Morgan fingerprint density at radius 2 is 1.58 bits per heavy atom. The fourth-order valence-electron chi connectivity index (χ4n) is 1.97. The first kappa shape index (κ1) is 12.3. The van der Waals surface area contributed by atoms with Crippen LogP contribution >= 0.6 is 23.2 Å². The summed E-state index contributed by atoms with van der Waals surface area (Å²) in [6, 6.07) is 14.1. The first-order chi connectivity index (χ1) is 9.13. The Morgan fingerprint density at radius 1 is 0.895 bits per heavy atom. The molecule has 0 radical (unpaired) electrons. The van der Waals surface area contributed by atoms with E-state index in [0.29, 0.717) is 26.8 Å². The number of hydrogen-bond donors (Lipinski definition) is 0. The van der Waals surface area contributed by atoms with Gasteiger partial charge in [-0.25, -0.2) is 4.79 Å². The monoisotopic (exact) mass is 290 g/mol. The van der Waals surface area contributed by atoms with Gasteiger partial charge in [-0.05, 0) is 35.7 Å². The zero-order valence-electron chi connectivity index (χ0n) is 9.69. The topological polar surface area (TPSA) is 30.2 Å². The molecule has 3 rings (SSSR count). The van der Waals surface area contributed by atoms with E-state index in [-0.39, 0.29) is 5.63 Å². The van der Waals surface area contributed by atoms with Crippen LogP contribution in [0.2, 0.25) is 10.0 Å². The van der Waals surface area contributed by atoms with Gasteiger partial charge in [-0.1, -0.05) is 41.4 Å². The Hall–Kier alpha value is -1.77. The van der Waals surface area contributed by atoms with Crippen LogP contribution in [0.15, 0.2) is 57.7 Å². The SMILES string of the molecule is O=c1oc(-c2cc(Cl)cc(Cl)c2)cc2ccccc12. The van der Waals surface area contributed by atoms with Crippen LogP contribution in [-0.4, -0.2) is 0 Å². The minimum atomic E-state index is -0.371. The van der Waals surface area contributed by atoms with Crippen LogP contribution < -0.4 is 5.63 Å². The summed E-state index contributed by atoms with van der Waals surface area (Å²) >= 11 is 11.9. The van der Waals surface area contributed by atoms with Crippen LogP contribution in [0.25, 0.3) is 22.1 Å². The van der Waals surface area contributed by atoms with Crippen LogP contribution in [0.1, 0.15) is 0 Å². The van der Waals surface area contributed by atoms with E-state index in [1.54, 1.807) is 36.4 Å². The van der Waals surface area contributed by atoms with E-state index in [4.69, 9.17) is 27.6 Å². The Labute approximate surface area is 119 Å². The van der Waals surface area contributed by atoms with Gasteiger partial charge in [-0.2, -0.15) is 0 Å². The van der Waals surface area contributed by atoms with E-state index in [1.165, 1.54) is 0 Å². The number of rotatable bonds is 1. The van der Waals surface area contributed by atoms with Gasteiger partial charge in [0.15, 0.2) is 0 Å². The highest BCUT2D eigenvalue weighted by molar-refractivity contribution is 6.35. The summed E-state index contributed by atoms with van der Waals surface area (Å²) in [6.07, 6.45) is 0. The number of benzene rings is 2. The van der Waals surface area contributed by atoms with Crippen molar-refractivity contribution in [3.63, 3.8) is 0 Å². The van der Waals surface area contributed by atoms with Crippen molar-refractivity contribution in [2.45, 2.75) is 0 Å². The number of fused-ring (bicyclic) bond motifs is 1. The molecule has 0 N–H and O–H groups in total.